The summed E-state index contributed by atoms with van der Waals surface area (Å²) >= 11 is 0. The Labute approximate surface area is 99.5 Å². The highest BCUT2D eigenvalue weighted by atomic mass is 16.1. The number of rotatable bonds is 3. The van der Waals surface area contributed by atoms with Gasteiger partial charge in [0.25, 0.3) is 5.91 Å². The highest BCUT2D eigenvalue weighted by Gasteiger charge is 2.14. The summed E-state index contributed by atoms with van der Waals surface area (Å²) in [5, 5.41) is 2.88. The van der Waals surface area contributed by atoms with Crippen LogP contribution < -0.4 is 5.32 Å². The molecule has 0 saturated heterocycles. The molecular weight excluding hydrogens is 216 g/mol. The normalized spacial score (nSPS) is 12.1. The first-order valence-electron chi connectivity index (χ1n) is 5.36. The molecule has 0 aliphatic rings. The maximum Gasteiger partial charge on any atom is 0.253 e. The second-order valence-electron chi connectivity index (χ2n) is 3.83. The molecule has 5 heteroatoms. The molecule has 0 saturated carbocycles. The lowest BCUT2D eigenvalue weighted by Crippen LogP contribution is -2.28. The first-order valence-corrected chi connectivity index (χ1v) is 5.36. The van der Waals surface area contributed by atoms with Crippen LogP contribution in [0.5, 0.6) is 0 Å². The van der Waals surface area contributed by atoms with Gasteiger partial charge in [0.1, 0.15) is 5.82 Å². The SMILES string of the molecule is CC(NC(=O)c1cccnc1)c1nccn1C. The molecule has 1 unspecified atom stereocenters. The Kier molecular flexibility index (Phi) is 3.18. The van der Waals surface area contributed by atoms with Gasteiger partial charge in [-0.25, -0.2) is 4.98 Å². The number of hydrogen-bond donors (Lipinski definition) is 1. The summed E-state index contributed by atoms with van der Waals surface area (Å²) in [7, 11) is 1.90. The Bertz CT molecular complexity index is 506. The summed E-state index contributed by atoms with van der Waals surface area (Å²) in [5.74, 6) is 0.677. The summed E-state index contributed by atoms with van der Waals surface area (Å²) < 4.78 is 1.88. The zero-order chi connectivity index (χ0) is 12.3. The van der Waals surface area contributed by atoms with E-state index in [1.54, 1.807) is 30.7 Å². The molecule has 17 heavy (non-hydrogen) atoms. The molecule has 2 aromatic heterocycles. The Morgan fingerprint density at radius 3 is 2.88 bits per heavy atom. The number of hydrogen-bond acceptors (Lipinski definition) is 3. The average Bonchev–Trinajstić information content (AvgIpc) is 2.76. The van der Waals surface area contributed by atoms with Gasteiger partial charge in [-0.15, -0.1) is 0 Å². The van der Waals surface area contributed by atoms with Gasteiger partial charge in [-0.2, -0.15) is 0 Å². The van der Waals surface area contributed by atoms with Crippen LogP contribution in [0.2, 0.25) is 0 Å². The van der Waals surface area contributed by atoms with Crippen molar-refractivity contribution in [3.63, 3.8) is 0 Å². The molecule has 1 N–H and O–H groups in total. The van der Waals surface area contributed by atoms with Gasteiger partial charge in [0, 0.05) is 31.8 Å². The second-order valence-corrected chi connectivity index (χ2v) is 3.83. The fourth-order valence-electron chi connectivity index (χ4n) is 1.64. The van der Waals surface area contributed by atoms with E-state index in [9.17, 15) is 4.79 Å². The third-order valence-electron chi connectivity index (χ3n) is 2.52. The van der Waals surface area contributed by atoms with Gasteiger partial charge in [-0.3, -0.25) is 9.78 Å². The molecule has 2 rings (SSSR count). The van der Waals surface area contributed by atoms with Crippen molar-refractivity contribution in [3.8, 4) is 0 Å². The number of aromatic nitrogens is 3. The number of amides is 1. The van der Waals surface area contributed by atoms with E-state index in [0.717, 1.165) is 5.82 Å². The first kappa shape index (κ1) is 11.3. The standard InChI is InChI=1S/C12H14N4O/c1-9(11-14-6-7-16(11)2)15-12(17)10-4-3-5-13-8-10/h3-9H,1-2H3,(H,15,17). The predicted octanol–water partition coefficient (Wildman–Crippen LogP) is 1.31. The quantitative estimate of drug-likeness (QED) is 0.864. The summed E-state index contributed by atoms with van der Waals surface area (Å²) in [5.41, 5.74) is 0.550. The lowest BCUT2D eigenvalue weighted by atomic mass is 10.2. The van der Waals surface area contributed by atoms with Gasteiger partial charge in [0.2, 0.25) is 0 Å². The van der Waals surface area contributed by atoms with Crippen LogP contribution in [-0.4, -0.2) is 20.4 Å². The first-order chi connectivity index (χ1) is 8.18. The molecular formula is C12H14N4O. The summed E-state index contributed by atoms with van der Waals surface area (Å²) in [6.45, 7) is 1.90. The lowest BCUT2D eigenvalue weighted by molar-refractivity contribution is 0.0937. The summed E-state index contributed by atoms with van der Waals surface area (Å²) in [4.78, 5) is 20.0. The van der Waals surface area contributed by atoms with E-state index in [1.165, 1.54) is 0 Å². The number of pyridine rings is 1. The van der Waals surface area contributed by atoms with Crippen molar-refractivity contribution < 1.29 is 4.79 Å². The van der Waals surface area contributed by atoms with E-state index in [4.69, 9.17) is 0 Å². The molecule has 0 aromatic carbocycles. The molecule has 2 heterocycles. The predicted molar refractivity (Wildman–Crippen MR) is 63.3 cm³/mol. The Morgan fingerprint density at radius 2 is 2.29 bits per heavy atom. The van der Waals surface area contributed by atoms with Gasteiger partial charge in [0.05, 0.1) is 11.6 Å². The van der Waals surface area contributed by atoms with Gasteiger partial charge in [0.15, 0.2) is 0 Å². The molecule has 0 radical (unpaired) electrons. The number of carbonyl (C=O) groups excluding carboxylic acids is 1. The zero-order valence-corrected chi connectivity index (χ0v) is 9.79. The Morgan fingerprint density at radius 1 is 1.47 bits per heavy atom. The molecule has 1 atom stereocenters. The fraction of sp³-hybridized carbons (Fsp3) is 0.250. The van der Waals surface area contributed by atoms with Crippen LogP contribution in [0, 0.1) is 0 Å². The van der Waals surface area contributed by atoms with Crippen LogP contribution in [0.4, 0.5) is 0 Å². The van der Waals surface area contributed by atoms with E-state index in [0.29, 0.717) is 5.56 Å². The smallest absolute Gasteiger partial charge is 0.253 e. The summed E-state index contributed by atoms with van der Waals surface area (Å²) in [6, 6.07) is 3.33. The average molecular weight is 230 g/mol. The van der Waals surface area contributed by atoms with E-state index in [2.05, 4.69) is 15.3 Å². The molecule has 0 aliphatic heterocycles. The van der Waals surface area contributed by atoms with E-state index in [1.807, 2.05) is 24.7 Å². The van der Waals surface area contributed by atoms with Crippen LogP contribution in [0.25, 0.3) is 0 Å². The molecule has 0 bridgehead atoms. The molecule has 0 spiro atoms. The maximum atomic E-state index is 11.9. The van der Waals surface area contributed by atoms with E-state index in [-0.39, 0.29) is 11.9 Å². The number of nitrogens with zero attached hydrogens (tertiary/aromatic N) is 3. The monoisotopic (exact) mass is 230 g/mol. The number of aryl methyl sites for hydroxylation is 1. The van der Waals surface area contributed by atoms with Gasteiger partial charge < -0.3 is 9.88 Å². The fourth-order valence-corrected chi connectivity index (χ4v) is 1.64. The molecule has 88 valence electrons. The van der Waals surface area contributed by atoms with Gasteiger partial charge in [-0.05, 0) is 19.1 Å². The number of carbonyl (C=O) groups is 1. The van der Waals surface area contributed by atoms with Crippen molar-refractivity contribution in [2.24, 2.45) is 7.05 Å². The largest absolute Gasteiger partial charge is 0.342 e. The molecule has 0 fully saturated rings. The number of nitrogens with one attached hydrogen (secondary N) is 1. The van der Waals surface area contributed by atoms with Crippen LogP contribution in [0.15, 0.2) is 36.9 Å². The van der Waals surface area contributed by atoms with Crippen LogP contribution >= 0.6 is 0 Å². The Balaban J connectivity index is 2.08. The molecule has 2 aromatic rings. The van der Waals surface area contributed by atoms with Gasteiger partial charge >= 0.3 is 0 Å². The highest BCUT2D eigenvalue weighted by Crippen LogP contribution is 2.09. The summed E-state index contributed by atoms with van der Waals surface area (Å²) in [6.07, 6.45) is 6.74. The van der Waals surface area contributed by atoms with Crippen molar-refractivity contribution in [1.82, 2.24) is 19.9 Å². The molecule has 5 nitrogen and oxygen atoms in total. The number of imidazole rings is 1. The third-order valence-corrected chi connectivity index (χ3v) is 2.52. The molecule has 1 amide bonds. The minimum absolute atomic E-state index is 0.136. The van der Waals surface area contributed by atoms with Crippen LogP contribution in [0.1, 0.15) is 29.1 Å². The zero-order valence-electron chi connectivity index (χ0n) is 9.79. The van der Waals surface area contributed by atoms with E-state index < -0.39 is 0 Å². The van der Waals surface area contributed by atoms with Crippen molar-refractivity contribution in [2.45, 2.75) is 13.0 Å². The topological polar surface area (TPSA) is 59.8 Å². The minimum Gasteiger partial charge on any atom is -0.342 e. The maximum absolute atomic E-state index is 11.9. The van der Waals surface area contributed by atoms with E-state index >= 15 is 0 Å². The van der Waals surface area contributed by atoms with Crippen molar-refractivity contribution in [2.75, 3.05) is 0 Å². The van der Waals surface area contributed by atoms with Gasteiger partial charge in [-0.1, -0.05) is 0 Å². The second kappa shape index (κ2) is 4.78. The van der Waals surface area contributed by atoms with Crippen LogP contribution in [0.3, 0.4) is 0 Å². The molecule has 0 aliphatic carbocycles. The van der Waals surface area contributed by atoms with Crippen molar-refractivity contribution in [3.05, 3.63) is 48.3 Å². The third kappa shape index (κ3) is 2.50. The highest BCUT2D eigenvalue weighted by molar-refractivity contribution is 5.93. The van der Waals surface area contributed by atoms with Crippen molar-refractivity contribution in [1.29, 1.82) is 0 Å². The van der Waals surface area contributed by atoms with Crippen molar-refractivity contribution >= 4 is 5.91 Å². The Hall–Kier alpha value is -2.17. The minimum atomic E-state index is -0.145. The lowest BCUT2D eigenvalue weighted by Gasteiger charge is -2.13. The van der Waals surface area contributed by atoms with Crippen LogP contribution in [-0.2, 0) is 7.05 Å².